The molecule has 0 bridgehead atoms. The number of anilines is 1. The van der Waals surface area contributed by atoms with Gasteiger partial charge in [0.25, 0.3) is 5.69 Å². The van der Waals surface area contributed by atoms with Crippen LogP contribution in [0.5, 0.6) is 0 Å². The van der Waals surface area contributed by atoms with Gasteiger partial charge in [-0.25, -0.2) is 4.98 Å². The highest BCUT2D eigenvalue weighted by molar-refractivity contribution is 6.31. The average molecular weight is 282 g/mol. The molecule has 1 aromatic heterocycles. The molecule has 1 heterocycles. The van der Waals surface area contributed by atoms with Crippen molar-refractivity contribution in [3.63, 3.8) is 0 Å². The number of halogens is 2. The molecule has 7 heteroatoms. The lowest BCUT2D eigenvalue weighted by Crippen LogP contribution is -2.03. The number of benzene rings is 1. The van der Waals surface area contributed by atoms with E-state index in [1.165, 1.54) is 30.3 Å². The van der Waals surface area contributed by atoms with Crippen molar-refractivity contribution in [2.24, 2.45) is 0 Å². The van der Waals surface area contributed by atoms with Crippen molar-refractivity contribution in [1.82, 2.24) is 4.98 Å². The van der Waals surface area contributed by atoms with Gasteiger partial charge in [0.15, 0.2) is 0 Å². The van der Waals surface area contributed by atoms with Crippen molar-refractivity contribution in [2.45, 2.75) is 6.54 Å². The zero-order chi connectivity index (χ0) is 13.8. The molecule has 2 rings (SSSR count). The maximum absolute atomic E-state index is 12.9. The summed E-state index contributed by atoms with van der Waals surface area (Å²) in [6.45, 7) is 0.219. The number of rotatable bonds is 4. The predicted molar refractivity (Wildman–Crippen MR) is 69.6 cm³/mol. The van der Waals surface area contributed by atoms with Crippen LogP contribution in [0.2, 0.25) is 5.02 Å². The Balaban J connectivity index is 2.15. The normalized spacial score (nSPS) is 10.2. The number of aromatic nitrogens is 1. The van der Waals surface area contributed by atoms with Crippen LogP contribution in [0, 0.1) is 16.1 Å². The van der Waals surface area contributed by atoms with Gasteiger partial charge in [-0.2, -0.15) is 4.39 Å². The molecule has 0 radical (unpaired) electrons. The monoisotopic (exact) mass is 281 g/mol. The molecule has 5 nitrogen and oxygen atoms in total. The van der Waals surface area contributed by atoms with E-state index in [1.54, 1.807) is 6.07 Å². The molecule has 1 N–H and O–H groups in total. The number of non-ortho nitro benzene ring substituents is 1. The summed E-state index contributed by atoms with van der Waals surface area (Å²) in [4.78, 5) is 13.8. The van der Waals surface area contributed by atoms with Crippen molar-refractivity contribution < 1.29 is 9.31 Å². The molecule has 0 aliphatic carbocycles. The highest BCUT2D eigenvalue weighted by Gasteiger charge is 2.09. The van der Waals surface area contributed by atoms with E-state index in [-0.39, 0.29) is 12.2 Å². The Morgan fingerprint density at radius 3 is 2.84 bits per heavy atom. The minimum atomic E-state index is -0.602. The van der Waals surface area contributed by atoms with Gasteiger partial charge in [0.2, 0.25) is 5.95 Å². The molecule has 1 aromatic carbocycles. The summed E-state index contributed by atoms with van der Waals surface area (Å²) in [7, 11) is 0. The van der Waals surface area contributed by atoms with E-state index in [0.29, 0.717) is 16.4 Å². The molecule has 0 amide bonds. The van der Waals surface area contributed by atoms with Crippen LogP contribution in [0.15, 0.2) is 36.4 Å². The molecular formula is C12H9ClFN3O2. The van der Waals surface area contributed by atoms with Gasteiger partial charge in [-0.3, -0.25) is 10.1 Å². The molecule has 2 aromatic rings. The summed E-state index contributed by atoms with van der Waals surface area (Å²) in [6, 6.07) is 8.48. The second-order valence-electron chi connectivity index (χ2n) is 3.73. The summed E-state index contributed by atoms with van der Waals surface area (Å²) in [6.07, 6.45) is 0. The molecule has 0 aliphatic rings. The second-order valence-corrected chi connectivity index (χ2v) is 4.14. The van der Waals surface area contributed by atoms with Crippen molar-refractivity contribution >= 4 is 23.1 Å². The predicted octanol–water partition coefficient (Wildman–Crippen LogP) is 3.39. The Bertz CT molecular complexity index is 622. The molecule has 0 atom stereocenters. The van der Waals surface area contributed by atoms with E-state index in [9.17, 15) is 14.5 Å². The number of nitro groups is 1. The number of pyridine rings is 1. The Labute approximate surface area is 113 Å². The molecule has 0 unspecified atom stereocenters. The van der Waals surface area contributed by atoms with Gasteiger partial charge in [0.05, 0.1) is 4.92 Å². The lowest BCUT2D eigenvalue weighted by molar-refractivity contribution is -0.384. The summed E-state index contributed by atoms with van der Waals surface area (Å²) in [5, 5.41) is 13.9. The molecule has 98 valence electrons. The first-order valence-corrected chi connectivity index (χ1v) is 5.73. The molecule has 19 heavy (non-hydrogen) atoms. The quantitative estimate of drug-likeness (QED) is 0.530. The van der Waals surface area contributed by atoms with Crippen LogP contribution < -0.4 is 5.32 Å². The molecule has 0 aliphatic heterocycles. The SMILES string of the molecule is O=[N+]([O-])c1ccc(Cl)c(CNc2cccc(F)n2)c1. The molecule has 0 saturated carbocycles. The molecular weight excluding hydrogens is 273 g/mol. The third-order valence-electron chi connectivity index (χ3n) is 2.42. The van der Waals surface area contributed by atoms with Gasteiger partial charge in [-0.05, 0) is 23.8 Å². The Hall–Kier alpha value is -2.21. The first-order valence-electron chi connectivity index (χ1n) is 5.35. The van der Waals surface area contributed by atoms with E-state index >= 15 is 0 Å². The fourth-order valence-corrected chi connectivity index (χ4v) is 1.69. The topological polar surface area (TPSA) is 68.1 Å². The molecule has 0 saturated heterocycles. The van der Waals surface area contributed by atoms with Crippen LogP contribution in [0.25, 0.3) is 0 Å². The Kier molecular flexibility index (Phi) is 3.91. The van der Waals surface area contributed by atoms with Gasteiger partial charge < -0.3 is 5.32 Å². The van der Waals surface area contributed by atoms with Crippen LogP contribution >= 0.6 is 11.6 Å². The van der Waals surface area contributed by atoms with Crippen LogP contribution in [0.1, 0.15) is 5.56 Å². The largest absolute Gasteiger partial charge is 0.366 e. The second kappa shape index (κ2) is 5.62. The van der Waals surface area contributed by atoms with Gasteiger partial charge in [0.1, 0.15) is 5.82 Å². The van der Waals surface area contributed by atoms with Crippen molar-refractivity contribution in [3.8, 4) is 0 Å². The van der Waals surface area contributed by atoms with Crippen molar-refractivity contribution in [3.05, 3.63) is 63.0 Å². The van der Waals surface area contributed by atoms with E-state index in [0.717, 1.165) is 0 Å². The number of nitrogens with one attached hydrogen (secondary N) is 1. The molecule has 0 spiro atoms. The number of hydrogen-bond donors (Lipinski definition) is 1. The number of nitrogens with zero attached hydrogens (tertiary/aromatic N) is 2. The summed E-state index contributed by atoms with van der Waals surface area (Å²) in [5.41, 5.74) is 0.496. The van der Waals surface area contributed by atoms with Gasteiger partial charge in [-0.15, -0.1) is 0 Å². The lowest BCUT2D eigenvalue weighted by Gasteiger charge is -2.07. The van der Waals surface area contributed by atoms with Crippen LogP contribution in [-0.4, -0.2) is 9.91 Å². The first kappa shape index (κ1) is 13.2. The highest BCUT2D eigenvalue weighted by Crippen LogP contribution is 2.22. The summed E-state index contributed by atoms with van der Waals surface area (Å²) >= 11 is 5.94. The van der Waals surface area contributed by atoms with E-state index < -0.39 is 10.9 Å². The number of nitro benzene ring substituents is 1. The maximum atomic E-state index is 12.9. The van der Waals surface area contributed by atoms with Gasteiger partial charge in [0, 0.05) is 23.7 Å². The van der Waals surface area contributed by atoms with E-state index in [1.807, 2.05) is 0 Å². The zero-order valence-electron chi connectivity index (χ0n) is 9.64. The van der Waals surface area contributed by atoms with E-state index in [2.05, 4.69) is 10.3 Å². The van der Waals surface area contributed by atoms with Crippen LogP contribution in [-0.2, 0) is 6.54 Å². The van der Waals surface area contributed by atoms with Crippen LogP contribution in [0.3, 0.4) is 0 Å². The van der Waals surface area contributed by atoms with Crippen molar-refractivity contribution in [1.29, 1.82) is 0 Å². The third kappa shape index (κ3) is 3.38. The number of hydrogen-bond acceptors (Lipinski definition) is 4. The zero-order valence-corrected chi connectivity index (χ0v) is 10.4. The molecule has 0 fully saturated rings. The van der Waals surface area contributed by atoms with Gasteiger partial charge >= 0.3 is 0 Å². The van der Waals surface area contributed by atoms with Crippen molar-refractivity contribution in [2.75, 3.05) is 5.32 Å². The minimum absolute atomic E-state index is 0.0478. The fraction of sp³-hybridized carbons (Fsp3) is 0.0833. The summed E-state index contributed by atoms with van der Waals surface area (Å²) in [5.74, 6) is -0.266. The third-order valence-corrected chi connectivity index (χ3v) is 2.78. The van der Waals surface area contributed by atoms with Gasteiger partial charge in [-0.1, -0.05) is 17.7 Å². The smallest absolute Gasteiger partial charge is 0.269 e. The fourth-order valence-electron chi connectivity index (χ4n) is 1.50. The Morgan fingerprint density at radius 1 is 1.37 bits per heavy atom. The standard InChI is InChI=1S/C12H9ClFN3O2/c13-10-5-4-9(17(18)19)6-8(10)7-15-12-3-1-2-11(14)16-12/h1-6H,7H2,(H,15,16). The first-order chi connectivity index (χ1) is 9.06. The average Bonchev–Trinajstić information content (AvgIpc) is 2.37. The minimum Gasteiger partial charge on any atom is -0.366 e. The maximum Gasteiger partial charge on any atom is 0.269 e. The van der Waals surface area contributed by atoms with Crippen LogP contribution in [0.4, 0.5) is 15.9 Å². The van der Waals surface area contributed by atoms with E-state index in [4.69, 9.17) is 11.6 Å². The Morgan fingerprint density at radius 2 is 2.16 bits per heavy atom. The highest BCUT2D eigenvalue weighted by atomic mass is 35.5. The lowest BCUT2D eigenvalue weighted by atomic mass is 10.2. The summed E-state index contributed by atoms with van der Waals surface area (Å²) < 4.78 is 12.9.